The third-order valence-electron chi connectivity index (χ3n) is 3.62. The fourth-order valence-electron chi connectivity index (χ4n) is 2.57. The quantitative estimate of drug-likeness (QED) is 0.863. The summed E-state index contributed by atoms with van der Waals surface area (Å²) in [6.45, 7) is 5.40. The molecule has 5 heteroatoms. The smallest absolute Gasteiger partial charge is 0.240 e. The number of carbonyl (C=O) groups excluding carboxylic acids is 1. The molecule has 1 atom stereocenters. The molecule has 0 aliphatic carbocycles. The molecule has 1 aromatic carbocycles. The van der Waals surface area contributed by atoms with E-state index in [9.17, 15) is 9.18 Å². The highest BCUT2D eigenvalue weighted by Gasteiger charge is 2.30. The van der Waals surface area contributed by atoms with E-state index >= 15 is 0 Å². The zero-order valence-electron chi connectivity index (χ0n) is 12.0. The van der Waals surface area contributed by atoms with E-state index in [1.165, 1.54) is 6.07 Å². The molecular formula is C15H22FN3O. The summed E-state index contributed by atoms with van der Waals surface area (Å²) >= 11 is 0. The molecule has 1 aromatic rings. The Morgan fingerprint density at radius 3 is 2.90 bits per heavy atom. The van der Waals surface area contributed by atoms with Crippen molar-refractivity contribution in [1.29, 1.82) is 0 Å². The molecule has 1 fully saturated rings. The van der Waals surface area contributed by atoms with Gasteiger partial charge in [0.25, 0.3) is 0 Å². The number of amides is 1. The van der Waals surface area contributed by atoms with Gasteiger partial charge in [-0.25, -0.2) is 4.39 Å². The number of hydrogen-bond donors (Lipinski definition) is 2. The summed E-state index contributed by atoms with van der Waals surface area (Å²) in [5, 5.41) is 3.25. The zero-order chi connectivity index (χ0) is 14.7. The summed E-state index contributed by atoms with van der Waals surface area (Å²) in [6, 6.07) is 5.14. The highest BCUT2D eigenvalue weighted by atomic mass is 19.1. The standard InChI is InChI=1S/C15H22FN3O/c1-10(2)18-9-11-5-6-13(12(16)8-11)19-7-3-4-14(19)15(17)20/h5-6,8,10,14,18H,3-4,7,9H2,1-2H3,(H2,17,20). The maximum absolute atomic E-state index is 14.2. The van der Waals surface area contributed by atoms with Crippen molar-refractivity contribution in [2.75, 3.05) is 11.4 Å². The van der Waals surface area contributed by atoms with Crippen LogP contribution in [0.5, 0.6) is 0 Å². The molecule has 1 amide bonds. The van der Waals surface area contributed by atoms with Gasteiger partial charge < -0.3 is 16.0 Å². The summed E-state index contributed by atoms with van der Waals surface area (Å²) in [5.41, 5.74) is 6.74. The molecular weight excluding hydrogens is 257 g/mol. The van der Waals surface area contributed by atoms with Gasteiger partial charge in [-0.3, -0.25) is 4.79 Å². The molecule has 0 radical (unpaired) electrons. The van der Waals surface area contributed by atoms with E-state index in [1.807, 2.05) is 19.9 Å². The van der Waals surface area contributed by atoms with Crippen molar-refractivity contribution in [3.05, 3.63) is 29.6 Å². The van der Waals surface area contributed by atoms with Crippen LogP contribution in [0.25, 0.3) is 0 Å². The number of nitrogens with one attached hydrogen (secondary N) is 1. The number of carbonyl (C=O) groups is 1. The molecule has 1 saturated heterocycles. The monoisotopic (exact) mass is 279 g/mol. The Morgan fingerprint density at radius 1 is 1.55 bits per heavy atom. The van der Waals surface area contributed by atoms with Crippen LogP contribution in [0.2, 0.25) is 0 Å². The number of rotatable bonds is 5. The minimum Gasteiger partial charge on any atom is -0.368 e. The van der Waals surface area contributed by atoms with Crippen LogP contribution in [0, 0.1) is 5.82 Å². The van der Waals surface area contributed by atoms with E-state index < -0.39 is 0 Å². The van der Waals surface area contributed by atoms with E-state index in [1.54, 1.807) is 11.0 Å². The highest BCUT2D eigenvalue weighted by Crippen LogP contribution is 2.28. The van der Waals surface area contributed by atoms with E-state index in [-0.39, 0.29) is 17.8 Å². The summed E-state index contributed by atoms with van der Waals surface area (Å²) in [7, 11) is 0. The molecule has 20 heavy (non-hydrogen) atoms. The van der Waals surface area contributed by atoms with Gasteiger partial charge in [-0.2, -0.15) is 0 Å². The summed E-state index contributed by atoms with van der Waals surface area (Å²) in [5.74, 6) is -0.673. The van der Waals surface area contributed by atoms with Gasteiger partial charge in [-0.1, -0.05) is 19.9 Å². The molecule has 3 N–H and O–H groups in total. The fourth-order valence-corrected chi connectivity index (χ4v) is 2.57. The van der Waals surface area contributed by atoms with Crippen LogP contribution in [0.15, 0.2) is 18.2 Å². The second-order valence-electron chi connectivity index (χ2n) is 5.58. The first-order chi connectivity index (χ1) is 9.49. The Labute approximate surface area is 119 Å². The maximum Gasteiger partial charge on any atom is 0.240 e. The van der Waals surface area contributed by atoms with Gasteiger partial charge in [-0.05, 0) is 30.5 Å². The minimum atomic E-state index is -0.385. The van der Waals surface area contributed by atoms with Gasteiger partial charge in [0.15, 0.2) is 0 Å². The van der Waals surface area contributed by atoms with Crippen molar-refractivity contribution in [3.8, 4) is 0 Å². The Kier molecular flexibility index (Phi) is 4.60. The first kappa shape index (κ1) is 14.8. The number of halogens is 1. The van der Waals surface area contributed by atoms with Crippen molar-refractivity contribution < 1.29 is 9.18 Å². The topological polar surface area (TPSA) is 58.4 Å². The molecule has 0 aromatic heterocycles. The Balaban J connectivity index is 2.15. The van der Waals surface area contributed by atoms with Crippen LogP contribution in [0.4, 0.5) is 10.1 Å². The van der Waals surface area contributed by atoms with Gasteiger partial charge in [0.1, 0.15) is 11.9 Å². The van der Waals surface area contributed by atoms with Crippen molar-refractivity contribution in [1.82, 2.24) is 5.32 Å². The molecule has 1 heterocycles. The number of benzene rings is 1. The Bertz CT molecular complexity index is 490. The summed E-state index contributed by atoms with van der Waals surface area (Å²) in [4.78, 5) is 13.2. The highest BCUT2D eigenvalue weighted by molar-refractivity contribution is 5.84. The number of hydrogen-bond acceptors (Lipinski definition) is 3. The van der Waals surface area contributed by atoms with Crippen LogP contribution < -0.4 is 16.0 Å². The number of anilines is 1. The van der Waals surface area contributed by atoms with Gasteiger partial charge in [-0.15, -0.1) is 0 Å². The lowest BCUT2D eigenvalue weighted by molar-refractivity contribution is -0.119. The molecule has 1 aliphatic heterocycles. The molecule has 4 nitrogen and oxygen atoms in total. The Morgan fingerprint density at radius 2 is 2.30 bits per heavy atom. The molecule has 0 spiro atoms. The first-order valence-corrected chi connectivity index (χ1v) is 7.07. The lowest BCUT2D eigenvalue weighted by Gasteiger charge is -2.25. The first-order valence-electron chi connectivity index (χ1n) is 7.07. The number of nitrogens with two attached hydrogens (primary N) is 1. The van der Waals surface area contributed by atoms with Crippen LogP contribution >= 0.6 is 0 Å². The third-order valence-corrected chi connectivity index (χ3v) is 3.62. The Hall–Kier alpha value is -1.62. The lowest BCUT2D eigenvalue weighted by atomic mass is 10.1. The van der Waals surface area contributed by atoms with Crippen molar-refractivity contribution in [3.63, 3.8) is 0 Å². The van der Waals surface area contributed by atoms with Gasteiger partial charge in [0.05, 0.1) is 5.69 Å². The summed E-state index contributed by atoms with van der Waals surface area (Å²) < 4.78 is 14.2. The summed E-state index contributed by atoms with van der Waals surface area (Å²) in [6.07, 6.45) is 1.56. The van der Waals surface area contributed by atoms with Gasteiger partial charge >= 0.3 is 0 Å². The van der Waals surface area contributed by atoms with Crippen molar-refractivity contribution in [2.45, 2.75) is 45.3 Å². The largest absolute Gasteiger partial charge is 0.368 e. The fraction of sp³-hybridized carbons (Fsp3) is 0.533. The van der Waals surface area contributed by atoms with Gasteiger partial charge in [0, 0.05) is 19.1 Å². The number of primary amides is 1. The maximum atomic E-state index is 14.2. The lowest BCUT2D eigenvalue weighted by Crippen LogP contribution is -2.40. The van der Waals surface area contributed by atoms with Crippen molar-refractivity contribution in [2.24, 2.45) is 5.73 Å². The zero-order valence-corrected chi connectivity index (χ0v) is 12.0. The normalized spacial score (nSPS) is 18.8. The van der Waals surface area contributed by atoms with Crippen LogP contribution in [-0.4, -0.2) is 24.5 Å². The SMILES string of the molecule is CC(C)NCc1ccc(N2CCCC2C(N)=O)c(F)c1. The molecule has 0 saturated carbocycles. The average molecular weight is 279 g/mol. The third kappa shape index (κ3) is 3.28. The number of nitrogens with zero attached hydrogens (tertiary/aromatic N) is 1. The second kappa shape index (κ2) is 6.22. The average Bonchev–Trinajstić information content (AvgIpc) is 2.85. The van der Waals surface area contributed by atoms with Crippen LogP contribution in [0.1, 0.15) is 32.3 Å². The second-order valence-corrected chi connectivity index (χ2v) is 5.58. The van der Waals surface area contributed by atoms with Crippen LogP contribution in [0.3, 0.4) is 0 Å². The van der Waals surface area contributed by atoms with Gasteiger partial charge in [0.2, 0.25) is 5.91 Å². The van der Waals surface area contributed by atoms with E-state index in [4.69, 9.17) is 5.73 Å². The van der Waals surface area contributed by atoms with E-state index in [0.717, 1.165) is 12.0 Å². The molecule has 1 aliphatic rings. The van der Waals surface area contributed by atoms with Crippen LogP contribution in [-0.2, 0) is 11.3 Å². The van der Waals surface area contributed by atoms with E-state index in [2.05, 4.69) is 5.32 Å². The molecule has 2 rings (SSSR count). The van der Waals surface area contributed by atoms with E-state index in [0.29, 0.717) is 31.2 Å². The van der Waals surface area contributed by atoms with Crippen molar-refractivity contribution >= 4 is 11.6 Å². The molecule has 1 unspecified atom stereocenters. The predicted octanol–water partition coefficient (Wildman–Crippen LogP) is 1.78. The minimum absolute atomic E-state index is 0.291. The predicted molar refractivity (Wildman–Crippen MR) is 77.9 cm³/mol. The molecule has 110 valence electrons. The molecule has 0 bridgehead atoms.